The minimum atomic E-state index is 0.334. The van der Waals surface area contributed by atoms with Gasteiger partial charge in [0.1, 0.15) is 5.82 Å². The minimum Gasteiger partial charge on any atom is -0.356 e. The maximum Gasteiger partial charge on any atom is 0.161 e. The highest BCUT2D eigenvalue weighted by Gasteiger charge is 2.18. The number of benzene rings is 1. The zero-order chi connectivity index (χ0) is 14.8. The van der Waals surface area contributed by atoms with Gasteiger partial charge in [0.2, 0.25) is 0 Å². The van der Waals surface area contributed by atoms with E-state index in [4.69, 9.17) is 10.7 Å². The van der Waals surface area contributed by atoms with E-state index in [2.05, 4.69) is 47.1 Å². The van der Waals surface area contributed by atoms with Gasteiger partial charge in [-0.25, -0.2) is 9.97 Å². The second-order valence-corrected chi connectivity index (χ2v) is 5.88. The molecule has 4 nitrogen and oxygen atoms in total. The summed E-state index contributed by atoms with van der Waals surface area (Å²) >= 11 is 0. The van der Waals surface area contributed by atoms with Crippen LogP contribution >= 0.6 is 0 Å². The molecule has 0 unspecified atom stereocenters. The van der Waals surface area contributed by atoms with Gasteiger partial charge in [-0.3, -0.25) is 0 Å². The number of nitrogens with zero attached hydrogens (tertiary/aromatic N) is 3. The standard InChI is InChI=1S/C17H22N4/c1-12-3-5-14(6-4-12)17-19-13(2)11-16(20-17)21-9-7-15(18)8-10-21/h3-6,11,15H,7-10,18H2,1-2H3. The second kappa shape index (κ2) is 5.82. The van der Waals surface area contributed by atoms with Crippen molar-refractivity contribution in [2.24, 2.45) is 5.73 Å². The Balaban J connectivity index is 1.91. The number of hydrogen-bond donors (Lipinski definition) is 1. The molecule has 0 spiro atoms. The summed E-state index contributed by atoms with van der Waals surface area (Å²) in [6.45, 7) is 6.07. The van der Waals surface area contributed by atoms with E-state index in [0.29, 0.717) is 6.04 Å². The Morgan fingerprint density at radius 2 is 1.71 bits per heavy atom. The Morgan fingerprint density at radius 1 is 1.05 bits per heavy atom. The molecule has 1 aromatic heterocycles. The van der Waals surface area contributed by atoms with Crippen molar-refractivity contribution in [1.29, 1.82) is 0 Å². The predicted octanol–water partition coefficient (Wildman–Crippen LogP) is 2.69. The van der Waals surface area contributed by atoms with Crippen molar-refractivity contribution in [3.63, 3.8) is 0 Å². The van der Waals surface area contributed by atoms with Gasteiger partial charge < -0.3 is 10.6 Å². The molecule has 1 saturated heterocycles. The number of aryl methyl sites for hydroxylation is 2. The Kier molecular flexibility index (Phi) is 3.88. The fourth-order valence-electron chi connectivity index (χ4n) is 2.67. The van der Waals surface area contributed by atoms with Gasteiger partial charge in [0, 0.05) is 36.5 Å². The van der Waals surface area contributed by atoms with Crippen LogP contribution in [0.25, 0.3) is 11.4 Å². The van der Waals surface area contributed by atoms with E-state index in [1.165, 1.54) is 5.56 Å². The summed E-state index contributed by atoms with van der Waals surface area (Å²) in [6, 6.07) is 10.8. The molecule has 2 aromatic rings. The second-order valence-electron chi connectivity index (χ2n) is 5.88. The zero-order valence-electron chi connectivity index (χ0n) is 12.7. The van der Waals surface area contributed by atoms with Gasteiger partial charge in [0.15, 0.2) is 5.82 Å². The molecule has 0 amide bonds. The summed E-state index contributed by atoms with van der Waals surface area (Å²) in [4.78, 5) is 11.7. The molecule has 1 aliphatic heterocycles. The van der Waals surface area contributed by atoms with Crippen LogP contribution in [0.2, 0.25) is 0 Å². The van der Waals surface area contributed by atoms with E-state index in [0.717, 1.165) is 48.8 Å². The number of anilines is 1. The summed E-state index contributed by atoms with van der Waals surface area (Å²) in [7, 11) is 0. The largest absolute Gasteiger partial charge is 0.356 e. The number of rotatable bonds is 2. The molecule has 1 aliphatic rings. The number of piperidine rings is 1. The molecule has 0 radical (unpaired) electrons. The molecule has 0 atom stereocenters. The fraction of sp³-hybridized carbons (Fsp3) is 0.412. The van der Waals surface area contributed by atoms with Gasteiger partial charge in [0.05, 0.1) is 0 Å². The third kappa shape index (κ3) is 3.22. The van der Waals surface area contributed by atoms with E-state index in [1.54, 1.807) is 0 Å². The van der Waals surface area contributed by atoms with Gasteiger partial charge in [-0.05, 0) is 26.7 Å². The summed E-state index contributed by atoms with van der Waals surface area (Å²) in [5, 5.41) is 0. The molecule has 110 valence electrons. The van der Waals surface area contributed by atoms with E-state index in [1.807, 2.05) is 6.92 Å². The highest BCUT2D eigenvalue weighted by Crippen LogP contribution is 2.22. The summed E-state index contributed by atoms with van der Waals surface area (Å²) in [6.07, 6.45) is 2.06. The SMILES string of the molecule is Cc1ccc(-c2nc(C)cc(N3CCC(N)CC3)n2)cc1. The number of aromatic nitrogens is 2. The van der Waals surface area contributed by atoms with Crippen molar-refractivity contribution in [3.8, 4) is 11.4 Å². The van der Waals surface area contributed by atoms with Crippen molar-refractivity contribution in [3.05, 3.63) is 41.6 Å². The quantitative estimate of drug-likeness (QED) is 0.920. The van der Waals surface area contributed by atoms with Crippen LogP contribution in [0.4, 0.5) is 5.82 Å². The van der Waals surface area contributed by atoms with Crippen molar-refractivity contribution in [2.75, 3.05) is 18.0 Å². The third-order valence-corrected chi connectivity index (χ3v) is 4.01. The normalized spacial score (nSPS) is 16.2. The monoisotopic (exact) mass is 282 g/mol. The first-order chi connectivity index (χ1) is 10.1. The average molecular weight is 282 g/mol. The van der Waals surface area contributed by atoms with Crippen LogP contribution in [0, 0.1) is 13.8 Å². The van der Waals surface area contributed by atoms with Gasteiger partial charge >= 0.3 is 0 Å². The average Bonchev–Trinajstić information content (AvgIpc) is 2.48. The molecule has 1 aromatic carbocycles. The molecule has 3 rings (SSSR count). The van der Waals surface area contributed by atoms with Crippen LogP contribution in [-0.4, -0.2) is 29.1 Å². The Hall–Kier alpha value is -1.94. The zero-order valence-corrected chi connectivity index (χ0v) is 12.7. The van der Waals surface area contributed by atoms with Crippen LogP contribution in [0.5, 0.6) is 0 Å². The first-order valence-electron chi connectivity index (χ1n) is 7.55. The lowest BCUT2D eigenvalue weighted by atomic mass is 10.1. The topological polar surface area (TPSA) is 55.0 Å². The lowest BCUT2D eigenvalue weighted by Crippen LogP contribution is -2.40. The van der Waals surface area contributed by atoms with E-state index in [-0.39, 0.29) is 0 Å². The maximum absolute atomic E-state index is 5.98. The van der Waals surface area contributed by atoms with Gasteiger partial charge in [-0.2, -0.15) is 0 Å². The van der Waals surface area contributed by atoms with Crippen molar-refractivity contribution in [1.82, 2.24) is 9.97 Å². The van der Waals surface area contributed by atoms with E-state index < -0.39 is 0 Å². The minimum absolute atomic E-state index is 0.334. The lowest BCUT2D eigenvalue weighted by Gasteiger charge is -2.31. The summed E-state index contributed by atoms with van der Waals surface area (Å²) < 4.78 is 0. The highest BCUT2D eigenvalue weighted by atomic mass is 15.2. The van der Waals surface area contributed by atoms with Gasteiger partial charge in [-0.15, -0.1) is 0 Å². The molecule has 0 bridgehead atoms. The molecular formula is C17H22N4. The van der Waals surface area contributed by atoms with Gasteiger partial charge in [0.25, 0.3) is 0 Å². The first-order valence-corrected chi connectivity index (χ1v) is 7.55. The first kappa shape index (κ1) is 14.0. The Labute approximate surface area is 126 Å². The number of nitrogens with two attached hydrogens (primary N) is 1. The molecule has 2 N–H and O–H groups in total. The molecule has 2 heterocycles. The smallest absolute Gasteiger partial charge is 0.161 e. The van der Waals surface area contributed by atoms with Crippen molar-refractivity contribution >= 4 is 5.82 Å². The van der Waals surface area contributed by atoms with Crippen LogP contribution < -0.4 is 10.6 Å². The van der Waals surface area contributed by atoms with Gasteiger partial charge in [-0.1, -0.05) is 29.8 Å². The maximum atomic E-state index is 5.98. The fourth-order valence-corrected chi connectivity index (χ4v) is 2.67. The predicted molar refractivity (Wildman–Crippen MR) is 86.4 cm³/mol. The Morgan fingerprint density at radius 3 is 2.38 bits per heavy atom. The molecule has 1 fully saturated rings. The van der Waals surface area contributed by atoms with Crippen molar-refractivity contribution in [2.45, 2.75) is 32.7 Å². The van der Waals surface area contributed by atoms with Crippen LogP contribution in [0.3, 0.4) is 0 Å². The van der Waals surface area contributed by atoms with E-state index >= 15 is 0 Å². The molecule has 21 heavy (non-hydrogen) atoms. The lowest BCUT2D eigenvalue weighted by molar-refractivity contribution is 0.498. The summed E-state index contributed by atoms with van der Waals surface area (Å²) in [5.41, 5.74) is 9.30. The molecular weight excluding hydrogens is 260 g/mol. The summed E-state index contributed by atoms with van der Waals surface area (Å²) in [5.74, 6) is 1.82. The van der Waals surface area contributed by atoms with Crippen LogP contribution in [0.15, 0.2) is 30.3 Å². The van der Waals surface area contributed by atoms with Crippen LogP contribution in [0.1, 0.15) is 24.1 Å². The number of hydrogen-bond acceptors (Lipinski definition) is 4. The van der Waals surface area contributed by atoms with Crippen molar-refractivity contribution < 1.29 is 0 Å². The molecule has 0 saturated carbocycles. The molecule has 0 aliphatic carbocycles. The van der Waals surface area contributed by atoms with Crippen LogP contribution in [-0.2, 0) is 0 Å². The van der Waals surface area contributed by atoms with E-state index in [9.17, 15) is 0 Å². The molecule has 4 heteroatoms. The highest BCUT2D eigenvalue weighted by molar-refractivity contribution is 5.58. The third-order valence-electron chi connectivity index (χ3n) is 4.01. The Bertz CT molecular complexity index is 613.